The number of piperazine rings is 1. The number of hydrogen-bond donors (Lipinski definition) is 2. The first-order valence-electron chi connectivity index (χ1n) is 10.7. The quantitative estimate of drug-likeness (QED) is 0.562. The summed E-state index contributed by atoms with van der Waals surface area (Å²) in [7, 11) is 0. The van der Waals surface area contributed by atoms with Gasteiger partial charge in [-0.25, -0.2) is 13.8 Å². The zero-order valence-corrected chi connectivity index (χ0v) is 17.1. The van der Waals surface area contributed by atoms with Crippen LogP contribution >= 0.6 is 0 Å². The molecule has 0 unspecified atom stereocenters. The lowest BCUT2D eigenvalue weighted by Gasteiger charge is -2.39. The third kappa shape index (κ3) is 4.79. The molecule has 3 N–H and O–H groups in total. The molecule has 3 aliphatic heterocycles. The maximum atomic E-state index is 14.9. The van der Waals surface area contributed by atoms with Crippen LogP contribution in [0.1, 0.15) is 37.2 Å². The van der Waals surface area contributed by atoms with Crippen molar-refractivity contribution in [2.75, 3.05) is 50.7 Å². The molecule has 0 aliphatic carbocycles. The molecular formula is C21H29F2N5O2. The standard InChI is InChI=1S/C21H29F2N5O2/c22-17-9-15(16-11-19(29)25-20(30)12-16)10-18(23)21(17)27-7-5-26(6-8-27)13-14-1-3-28(24)4-2-14/h9-10,14,16H,1-8,11-13,24H2,(H,25,29,30). The highest BCUT2D eigenvalue weighted by atomic mass is 19.1. The van der Waals surface area contributed by atoms with Gasteiger partial charge in [-0.1, -0.05) is 0 Å². The van der Waals surface area contributed by atoms with Gasteiger partial charge in [-0.3, -0.25) is 25.6 Å². The Balaban J connectivity index is 1.38. The molecule has 1 aromatic rings. The third-order valence-corrected chi connectivity index (χ3v) is 6.51. The number of amides is 2. The van der Waals surface area contributed by atoms with E-state index in [2.05, 4.69) is 10.2 Å². The highest BCUT2D eigenvalue weighted by Crippen LogP contribution is 2.33. The average molecular weight is 421 g/mol. The van der Waals surface area contributed by atoms with Gasteiger partial charge >= 0.3 is 0 Å². The highest BCUT2D eigenvalue weighted by Gasteiger charge is 2.30. The van der Waals surface area contributed by atoms with Crippen LogP contribution in [0.15, 0.2) is 12.1 Å². The molecule has 2 amide bonds. The van der Waals surface area contributed by atoms with Gasteiger partial charge in [0.15, 0.2) is 0 Å². The van der Waals surface area contributed by atoms with Gasteiger partial charge in [-0.05, 0) is 36.5 Å². The smallest absolute Gasteiger partial charge is 0.227 e. The fourth-order valence-corrected chi connectivity index (χ4v) is 4.79. The maximum absolute atomic E-state index is 14.9. The van der Waals surface area contributed by atoms with Crippen LogP contribution in [-0.2, 0) is 9.59 Å². The van der Waals surface area contributed by atoms with Crippen LogP contribution < -0.4 is 16.1 Å². The zero-order chi connectivity index (χ0) is 21.3. The number of benzene rings is 1. The number of carbonyl (C=O) groups is 2. The van der Waals surface area contributed by atoms with Crippen LogP contribution in [0.2, 0.25) is 0 Å². The van der Waals surface area contributed by atoms with Crippen LogP contribution in [0, 0.1) is 17.6 Å². The first-order chi connectivity index (χ1) is 14.4. The fourth-order valence-electron chi connectivity index (χ4n) is 4.79. The number of nitrogens with two attached hydrogens (primary N) is 1. The second-order valence-corrected chi connectivity index (χ2v) is 8.68. The molecule has 0 aromatic heterocycles. The Morgan fingerprint density at radius 1 is 0.933 bits per heavy atom. The minimum atomic E-state index is -0.632. The van der Waals surface area contributed by atoms with Crippen molar-refractivity contribution in [3.05, 3.63) is 29.3 Å². The molecule has 0 radical (unpaired) electrons. The van der Waals surface area contributed by atoms with Gasteiger partial charge < -0.3 is 4.90 Å². The van der Waals surface area contributed by atoms with Gasteiger partial charge in [0.05, 0.1) is 0 Å². The Hall–Kier alpha value is -2.10. The largest absolute Gasteiger partial charge is 0.364 e. The van der Waals surface area contributed by atoms with Gasteiger partial charge in [0.25, 0.3) is 0 Å². The van der Waals surface area contributed by atoms with Crippen molar-refractivity contribution >= 4 is 17.5 Å². The molecule has 3 aliphatic rings. The second-order valence-electron chi connectivity index (χ2n) is 8.68. The van der Waals surface area contributed by atoms with Gasteiger partial charge in [0.1, 0.15) is 17.3 Å². The minimum Gasteiger partial charge on any atom is -0.364 e. The van der Waals surface area contributed by atoms with E-state index in [1.807, 2.05) is 5.01 Å². The lowest BCUT2D eigenvalue weighted by molar-refractivity contribution is -0.133. The summed E-state index contributed by atoms with van der Waals surface area (Å²) in [5.74, 6) is 3.88. The van der Waals surface area contributed by atoms with Crippen molar-refractivity contribution in [3.8, 4) is 0 Å². The van der Waals surface area contributed by atoms with E-state index in [0.29, 0.717) is 24.6 Å². The van der Waals surface area contributed by atoms with Crippen LogP contribution in [-0.4, -0.2) is 67.5 Å². The van der Waals surface area contributed by atoms with Crippen LogP contribution in [0.4, 0.5) is 14.5 Å². The van der Waals surface area contributed by atoms with E-state index in [4.69, 9.17) is 5.84 Å². The monoisotopic (exact) mass is 421 g/mol. The molecule has 4 rings (SSSR count). The number of hydrogen-bond acceptors (Lipinski definition) is 6. The number of carbonyl (C=O) groups excluding carboxylic acids is 2. The third-order valence-electron chi connectivity index (χ3n) is 6.51. The first-order valence-corrected chi connectivity index (χ1v) is 10.7. The summed E-state index contributed by atoms with van der Waals surface area (Å²) in [5, 5.41) is 4.08. The number of hydrazine groups is 1. The minimum absolute atomic E-state index is 0.0126. The Bertz CT molecular complexity index is 766. The summed E-state index contributed by atoms with van der Waals surface area (Å²) < 4.78 is 29.7. The van der Waals surface area contributed by atoms with Crippen molar-refractivity contribution in [2.45, 2.75) is 31.6 Å². The zero-order valence-electron chi connectivity index (χ0n) is 17.1. The average Bonchev–Trinajstić information content (AvgIpc) is 2.70. The van der Waals surface area contributed by atoms with E-state index in [-0.39, 0.29) is 18.5 Å². The SMILES string of the molecule is NN1CCC(CN2CCN(c3c(F)cc(C4CC(=O)NC(=O)C4)cc3F)CC2)CC1. The molecular weight excluding hydrogens is 392 g/mol. The summed E-state index contributed by atoms with van der Waals surface area (Å²) in [6, 6.07) is 2.56. The molecule has 3 fully saturated rings. The van der Waals surface area contributed by atoms with E-state index in [9.17, 15) is 18.4 Å². The number of halogens is 2. The number of anilines is 1. The second kappa shape index (κ2) is 8.95. The van der Waals surface area contributed by atoms with E-state index in [1.54, 1.807) is 4.90 Å². The Labute approximate surface area is 175 Å². The number of imide groups is 1. The fraction of sp³-hybridized carbons (Fsp3) is 0.619. The summed E-state index contributed by atoms with van der Waals surface area (Å²) in [5.41, 5.74) is 0.350. The summed E-state index contributed by atoms with van der Waals surface area (Å²) in [6.07, 6.45) is 2.30. The van der Waals surface area contributed by atoms with Gasteiger partial charge in [-0.15, -0.1) is 0 Å². The van der Waals surface area contributed by atoms with Crippen LogP contribution in [0.5, 0.6) is 0 Å². The van der Waals surface area contributed by atoms with Crippen LogP contribution in [0.3, 0.4) is 0 Å². The lowest BCUT2D eigenvalue weighted by atomic mass is 9.89. The van der Waals surface area contributed by atoms with E-state index < -0.39 is 29.4 Å². The molecule has 0 saturated carbocycles. The maximum Gasteiger partial charge on any atom is 0.227 e. The first kappa shape index (κ1) is 21.1. The summed E-state index contributed by atoms with van der Waals surface area (Å²) >= 11 is 0. The van der Waals surface area contributed by atoms with Crippen molar-refractivity contribution in [1.82, 2.24) is 15.2 Å². The van der Waals surface area contributed by atoms with Crippen molar-refractivity contribution in [3.63, 3.8) is 0 Å². The molecule has 0 bridgehead atoms. The topological polar surface area (TPSA) is 81.9 Å². The molecule has 3 heterocycles. The molecule has 30 heavy (non-hydrogen) atoms. The molecule has 0 spiro atoms. The molecule has 164 valence electrons. The van der Waals surface area contributed by atoms with E-state index in [0.717, 1.165) is 45.6 Å². The van der Waals surface area contributed by atoms with Gasteiger partial charge in [0.2, 0.25) is 11.8 Å². The highest BCUT2D eigenvalue weighted by molar-refractivity contribution is 5.98. The Kier molecular flexibility index (Phi) is 6.31. The molecule has 3 saturated heterocycles. The molecule has 0 atom stereocenters. The Morgan fingerprint density at radius 2 is 1.50 bits per heavy atom. The van der Waals surface area contributed by atoms with Crippen molar-refractivity contribution in [1.29, 1.82) is 0 Å². The number of nitrogens with zero attached hydrogens (tertiary/aromatic N) is 3. The lowest BCUT2D eigenvalue weighted by Crippen LogP contribution is -2.49. The van der Waals surface area contributed by atoms with Gasteiger partial charge in [-0.2, -0.15) is 0 Å². The summed E-state index contributed by atoms with van der Waals surface area (Å²) in [6.45, 7) is 5.49. The predicted octanol–water partition coefficient (Wildman–Crippen LogP) is 1.19. The number of rotatable bonds is 4. The molecule has 9 heteroatoms. The van der Waals surface area contributed by atoms with E-state index in [1.165, 1.54) is 12.1 Å². The molecule has 7 nitrogen and oxygen atoms in total. The Morgan fingerprint density at radius 3 is 2.07 bits per heavy atom. The molecule has 1 aromatic carbocycles. The number of piperidine rings is 2. The van der Waals surface area contributed by atoms with Crippen molar-refractivity contribution in [2.24, 2.45) is 11.8 Å². The normalized spacial score (nSPS) is 23.1. The predicted molar refractivity (Wildman–Crippen MR) is 109 cm³/mol. The van der Waals surface area contributed by atoms with Gasteiger partial charge in [0, 0.05) is 64.6 Å². The van der Waals surface area contributed by atoms with E-state index >= 15 is 0 Å². The summed E-state index contributed by atoms with van der Waals surface area (Å²) in [4.78, 5) is 27.3. The van der Waals surface area contributed by atoms with Crippen molar-refractivity contribution < 1.29 is 18.4 Å². The van der Waals surface area contributed by atoms with Crippen LogP contribution in [0.25, 0.3) is 0 Å². The number of nitrogens with one attached hydrogen (secondary N) is 1.